The molecule has 0 amide bonds. The highest BCUT2D eigenvalue weighted by Gasteiger charge is 2.29. The Morgan fingerprint density at radius 1 is 1.75 bits per heavy atom. The summed E-state index contributed by atoms with van der Waals surface area (Å²) in [6.07, 6.45) is 0.902. The molecule has 1 unspecified atom stereocenters. The van der Waals surface area contributed by atoms with Gasteiger partial charge in [-0.3, -0.25) is 0 Å². The zero-order chi connectivity index (χ0) is 6.20. The zero-order valence-electron chi connectivity index (χ0n) is 4.72. The fraction of sp³-hybridized carbons (Fsp3) is 1.00. The highest BCUT2D eigenvalue weighted by Crippen LogP contribution is 2.07. The molecule has 1 N–H and O–H groups in total. The van der Waals surface area contributed by atoms with Gasteiger partial charge in [-0.1, -0.05) is 6.92 Å². The van der Waals surface area contributed by atoms with Crippen LogP contribution >= 0.6 is 0 Å². The van der Waals surface area contributed by atoms with E-state index in [2.05, 4.69) is 4.72 Å². The van der Waals surface area contributed by atoms with Crippen LogP contribution in [0, 0.1) is 0 Å². The SMILES string of the molecule is CCC1CS(=O)(=O)N1. The highest BCUT2D eigenvalue weighted by molar-refractivity contribution is 7.90. The van der Waals surface area contributed by atoms with Gasteiger partial charge in [-0.2, -0.15) is 0 Å². The molecule has 0 aromatic heterocycles. The second-order valence-electron chi connectivity index (χ2n) is 2.00. The van der Waals surface area contributed by atoms with Gasteiger partial charge >= 0.3 is 0 Å². The van der Waals surface area contributed by atoms with Gasteiger partial charge in [0.15, 0.2) is 0 Å². The standard InChI is InChI=1S/C4H9NO2S/c1-2-4-3-8(6,7)5-4/h4-5H,2-3H2,1H3. The van der Waals surface area contributed by atoms with Crippen molar-refractivity contribution in [1.82, 2.24) is 4.72 Å². The van der Waals surface area contributed by atoms with Crippen molar-refractivity contribution in [1.29, 1.82) is 0 Å². The number of hydrogen-bond acceptors (Lipinski definition) is 2. The third kappa shape index (κ3) is 1.00. The largest absolute Gasteiger partial charge is 0.213 e. The monoisotopic (exact) mass is 135 g/mol. The van der Waals surface area contributed by atoms with E-state index in [1.54, 1.807) is 0 Å². The molecule has 0 saturated carbocycles. The molecule has 1 atom stereocenters. The molecule has 1 heterocycles. The Morgan fingerprint density at radius 3 is 2.38 bits per heavy atom. The van der Waals surface area contributed by atoms with Gasteiger partial charge in [0.05, 0.1) is 5.75 Å². The Labute approximate surface area is 49.1 Å². The van der Waals surface area contributed by atoms with E-state index < -0.39 is 10.0 Å². The van der Waals surface area contributed by atoms with Crippen LogP contribution in [0.3, 0.4) is 0 Å². The summed E-state index contributed by atoms with van der Waals surface area (Å²) in [7, 11) is -2.79. The Balaban J connectivity index is 2.43. The maximum atomic E-state index is 10.3. The van der Waals surface area contributed by atoms with Gasteiger partial charge in [0.1, 0.15) is 0 Å². The van der Waals surface area contributed by atoms with E-state index >= 15 is 0 Å². The lowest BCUT2D eigenvalue weighted by atomic mass is 10.3. The molecule has 0 spiro atoms. The molecule has 1 aliphatic heterocycles. The normalized spacial score (nSPS) is 33.9. The Hall–Kier alpha value is -0.0900. The van der Waals surface area contributed by atoms with E-state index in [0.717, 1.165) is 6.42 Å². The van der Waals surface area contributed by atoms with Crippen molar-refractivity contribution >= 4 is 10.0 Å². The Bertz CT molecular complexity index is 160. The van der Waals surface area contributed by atoms with Crippen molar-refractivity contribution in [3.63, 3.8) is 0 Å². The summed E-state index contributed by atoms with van der Waals surface area (Å²) in [5.41, 5.74) is 0. The molecular formula is C4H9NO2S. The van der Waals surface area contributed by atoms with Gasteiger partial charge in [0.25, 0.3) is 0 Å². The highest BCUT2D eigenvalue weighted by atomic mass is 32.2. The third-order valence-corrected chi connectivity index (χ3v) is 2.79. The van der Waals surface area contributed by atoms with E-state index in [1.165, 1.54) is 0 Å². The number of rotatable bonds is 1. The number of hydrogen-bond donors (Lipinski definition) is 1. The van der Waals surface area contributed by atoms with Crippen LogP contribution < -0.4 is 4.72 Å². The van der Waals surface area contributed by atoms with Crippen LogP contribution in [0.2, 0.25) is 0 Å². The second kappa shape index (κ2) is 1.70. The second-order valence-corrected chi connectivity index (χ2v) is 3.80. The predicted octanol–water partition coefficient (Wildman–Crippen LogP) is -0.302. The fourth-order valence-corrected chi connectivity index (χ4v) is 2.11. The molecule has 0 aromatic rings. The van der Waals surface area contributed by atoms with Crippen LogP contribution in [0.5, 0.6) is 0 Å². The van der Waals surface area contributed by atoms with Gasteiger partial charge in [-0.15, -0.1) is 0 Å². The first-order valence-electron chi connectivity index (χ1n) is 2.64. The third-order valence-electron chi connectivity index (χ3n) is 1.26. The summed E-state index contributed by atoms with van der Waals surface area (Å²) >= 11 is 0. The molecule has 48 valence electrons. The summed E-state index contributed by atoms with van der Waals surface area (Å²) in [5.74, 6) is 0.323. The van der Waals surface area contributed by atoms with Crippen LogP contribution in [0.4, 0.5) is 0 Å². The quantitative estimate of drug-likeness (QED) is 0.536. The summed E-state index contributed by atoms with van der Waals surface area (Å²) in [4.78, 5) is 0. The Kier molecular flexibility index (Phi) is 1.28. The molecule has 4 heteroatoms. The van der Waals surface area contributed by atoms with E-state index in [0.29, 0.717) is 5.75 Å². The molecule has 0 radical (unpaired) electrons. The van der Waals surface area contributed by atoms with Crippen molar-refractivity contribution in [2.75, 3.05) is 5.75 Å². The van der Waals surface area contributed by atoms with Crippen LogP contribution in [-0.4, -0.2) is 20.2 Å². The molecule has 1 aliphatic rings. The minimum absolute atomic E-state index is 0.222. The average Bonchev–Trinajstić information content (AvgIpc) is 1.60. The molecular weight excluding hydrogens is 126 g/mol. The molecule has 3 nitrogen and oxygen atoms in total. The van der Waals surface area contributed by atoms with E-state index in [4.69, 9.17) is 0 Å². The van der Waals surface area contributed by atoms with Gasteiger partial charge < -0.3 is 0 Å². The first kappa shape index (κ1) is 6.04. The molecule has 8 heavy (non-hydrogen) atoms. The molecule has 0 aromatic carbocycles. The van der Waals surface area contributed by atoms with Crippen LogP contribution in [0.15, 0.2) is 0 Å². The van der Waals surface area contributed by atoms with Crippen LogP contribution in [0.1, 0.15) is 13.3 Å². The summed E-state index contributed by atoms with van der Waals surface area (Å²) in [6, 6.07) is 0.222. The zero-order valence-corrected chi connectivity index (χ0v) is 5.53. The molecule has 0 aliphatic carbocycles. The van der Waals surface area contributed by atoms with Crippen molar-refractivity contribution in [2.24, 2.45) is 0 Å². The maximum absolute atomic E-state index is 10.3. The van der Waals surface area contributed by atoms with Gasteiger partial charge in [-0.05, 0) is 6.42 Å². The number of nitrogens with one attached hydrogen (secondary N) is 1. The molecule has 0 bridgehead atoms. The summed E-state index contributed by atoms with van der Waals surface area (Å²) in [6.45, 7) is 1.96. The smallest absolute Gasteiger partial charge is 0.212 e. The first-order valence-corrected chi connectivity index (χ1v) is 4.29. The molecule has 1 fully saturated rings. The Morgan fingerprint density at radius 2 is 2.25 bits per heavy atom. The van der Waals surface area contributed by atoms with Gasteiger partial charge in [0, 0.05) is 6.04 Å². The van der Waals surface area contributed by atoms with Crippen molar-refractivity contribution < 1.29 is 8.42 Å². The maximum Gasteiger partial charge on any atom is 0.213 e. The predicted molar refractivity (Wildman–Crippen MR) is 31.0 cm³/mol. The molecule has 1 rings (SSSR count). The lowest BCUT2D eigenvalue weighted by Crippen LogP contribution is -2.52. The van der Waals surface area contributed by atoms with Gasteiger partial charge in [-0.25, -0.2) is 13.1 Å². The fourth-order valence-electron chi connectivity index (χ4n) is 0.703. The minimum Gasteiger partial charge on any atom is -0.212 e. The van der Waals surface area contributed by atoms with Crippen molar-refractivity contribution in [3.05, 3.63) is 0 Å². The van der Waals surface area contributed by atoms with Crippen LogP contribution in [-0.2, 0) is 10.0 Å². The van der Waals surface area contributed by atoms with Crippen LogP contribution in [0.25, 0.3) is 0 Å². The first-order chi connectivity index (χ1) is 3.64. The van der Waals surface area contributed by atoms with Gasteiger partial charge in [0.2, 0.25) is 10.0 Å². The summed E-state index contributed by atoms with van der Waals surface area (Å²) in [5, 5.41) is 0. The number of sulfonamides is 1. The summed E-state index contributed by atoms with van der Waals surface area (Å²) < 4.78 is 23.1. The topological polar surface area (TPSA) is 46.2 Å². The van der Waals surface area contributed by atoms with E-state index in [9.17, 15) is 8.42 Å². The van der Waals surface area contributed by atoms with E-state index in [-0.39, 0.29) is 6.04 Å². The lowest BCUT2D eigenvalue weighted by molar-refractivity contribution is 0.508. The minimum atomic E-state index is -2.79. The van der Waals surface area contributed by atoms with Crippen molar-refractivity contribution in [2.45, 2.75) is 19.4 Å². The lowest BCUT2D eigenvalue weighted by Gasteiger charge is -2.25. The van der Waals surface area contributed by atoms with Crippen molar-refractivity contribution in [3.8, 4) is 0 Å². The average molecular weight is 135 g/mol. The molecule has 1 saturated heterocycles. The van der Waals surface area contributed by atoms with E-state index in [1.807, 2.05) is 6.92 Å².